The zero-order chi connectivity index (χ0) is 20.7. The molecule has 0 aliphatic carbocycles. The molecule has 3 aromatic rings. The van der Waals surface area contributed by atoms with Gasteiger partial charge < -0.3 is 5.32 Å². The molecular weight excluding hydrogens is 368 g/mol. The van der Waals surface area contributed by atoms with Crippen LogP contribution in [-0.2, 0) is 4.79 Å². The topological polar surface area (TPSA) is 84.3 Å². The van der Waals surface area contributed by atoms with Gasteiger partial charge in [-0.25, -0.2) is 4.90 Å². The maximum absolute atomic E-state index is 12.7. The van der Waals surface area contributed by atoms with Crippen LogP contribution in [0.15, 0.2) is 54.6 Å². The summed E-state index contributed by atoms with van der Waals surface area (Å²) in [6, 6.07) is 14.8. The van der Waals surface area contributed by atoms with Gasteiger partial charge in [0.25, 0.3) is 11.8 Å². The molecule has 1 aromatic heterocycles. The standard InChI is InChI=1S/C22H20N4O3/c1-13-11-14(2)26(24-13)15(3)20(27)23-16-7-6-8-17(12-16)25-21(28)18-9-4-5-10-19(18)22(25)29/h4-12,15H,1-3H3,(H,23,27). The molecule has 0 radical (unpaired) electrons. The van der Waals surface area contributed by atoms with Crippen molar-refractivity contribution >= 4 is 29.1 Å². The molecule has 4 rings (SSSR count). The number of aryl methyl sites for hydroxylation is 2. The lowest BCUT2D eigenvalue weighted by Gasteiger charge is -2.17. The van der Waals surface area contributed by atoms with Gasteiger partial charge >= 0.3 is 0 Å². The molecule has 2 aromatic carbocycles. The molecule has 2 heterocycles. The van der Waals surface area contributed by atoms with Crippen LogP contribution < -0.4 is 10.2 Å². The van der Waals surface area contributed by atoms with Crippen LogP contribution in [-0.4, -0.2) is 27.5 Å². The third kappa shape index (κ3) is 3.20. The first-order valence-electron chi connectivity index (χ1n) is 9.28. The van der Waals surface area contributed by atoms with Crippen molar-refractivity contribution in [3.8, 4) is 0 Å². The van der Waals surface area contributed by atoms with E-state index >= 15 is 0 Å². The molecule has 146 valence electrons. The van der Waals surface area contributed by atoms with Crippen molar-refractivity contribution in [2.45, 2.75) is 26.8 Å². The SMILES string of the molecule is Cc1cc(C)n(C(C)C(=O)Nc2cccc(N3C(=O)c4ccccc4C3=O)c2)n1. The zero-order valence-electron chi connectivity index (χ0n) is 16.3. The molecule has 1 aliphatic heterocycles. The molecule has 3 amide bonds. The van der Waals surface area contributed by atoms with E-state index in [-0.39, 0.29) is 17.7 Å². The van der Waals surface area contributed by atoms with Crippen molar-refractivity contribution in [2.24, 2.45) is 0 Å². The second-order valence-electron chi connectivity index (χ2n) is 7.08. The molecule has 1 atom stereocenters. The van der Waals surface area contributed by atoms with Crippen LogP contribution in [0.5, 0.6) is 0 Å². The molecule has 7 heteroatoms. The Morgan fingerprint density at radius 2 is 1.62 bits per heavy atom. The van der Waals surface area contributed by atoms with Crippen LogP contribution >= 0.6 is 0 Å². The molecule has 0 spiro atoms. The number of rotatable bonds is 4. The van der Waals surface area contributed by atoms with Crippen LogP contribution in [0.1, 0.15) is 45.1 Å². The monoisotopic (exact) mass is 388 g/mol. The highest BCUT2D eigenvalue weighted by Gasteiger charge is 2.36. The van der Waals surface area contributed by atoms with Gasteiger partial charge in [0.2, 0.25) is 5.91 Å². The second kappa shape index (κ2) is 7.01. The highest BCUT2D eigenvalue weighted by molar-refractivity contribution is 6.34. The number of carbonyl (C=O) groups excluding carboxylic acids is 3. The zero-order valence-corrected chi connectivity index (χ0v) is 16.3. The molecule has 0 bridgehead atoms. The van der Waals surface area contributed by atoms with Crippen molar-refractivity contribution < 1.29 is 14.4 Å². The summed E-state index contributed by atoms with van der Waals surface area (Å²) in [6.07, 6.45) is 0. The predicted octanol–water partition coefficient (Wildman–Crippen LogP) is 3.50. The Hall–Kier alpha value is -3.74. The maximum Gasteiger partial charge on any atom is 0.266 e. The van der Waals surface area contributed by atoms with E-state index in [0.717, 1.165) is 16.3 Å². The lowest BCUT2D eigenvalue weighted by atomic mass is 10.1. The summed E-state index contributed by atoms with van der Waals surface area (Å²) in [4.78, 5) is 39.2. The number of hydrogen-bond donors (Lipinski definition) is 1. The maximum atomic E-state index is 12.7. The first-order valence-corrected chi connectivity index (χ1v) is 9.28. The number of amides is 3. The third-order valence-corrected chi connectivity index (χ3v) is 4.96. The van der Waals surface area contributed by atoms with E-state index in [1.807, 2.05) is 19.9 Å². The molecule has 1 aliphatic rings. The lowest BCUT2D eigenvalue weighted by Crippen LogP contribution is -2.29. The van der Waals surface area contributed by atoms with E-state index in [2.05, 4.69) is 10.4 Å². The highest BCUT2D eigenvalue weighted by Crippen LogP contribution is 2.30. The second-order valence-corrected chi connectivity index (χ2v) is 7.08. The summed E-state index contributed by atoms with van der Waals surface area (Å²) in [6.45, 7) is 5.54. The van der Waals surface area contributed by atoms with Crippen LogP contribution in [0.4, 0.5) is 11.4 Å². The first kappa shape index (κ1) is 18.6. The Labute approximate surface area is 167 Å². The van der Waals surface area contributed by atoms with E-state index in [1.165, 1.54) is 0 Å². The molecule has 0 saturated carbocycles. The van der Waals surface area contributed by atoms with E-state index in [0.29, 0.717) is 22.5 Å². The Morgan fingerprint density at radius 3 is 2.21 bits per heavy atom. The summed E-state index contributed by atoms with van der Waals surface area (Å²) >= 11 is 0. The van der Waals surface area contributed by atoms with Gasteiger partial charge in [0.15, 0.2) is 0 Å². The number of hydrogen-bond acceptors (Lipinski definition) is 4. The van der Waals surface area contributed by atoms with Gasteiger partial charge in [-0.1, -0.05) is 18.2 Å². The van der Waals surface area contributed by atoms with Crippen LogP contribution in [0.25, 0.3) is 0 Å². The Kier molecular flexibility index (Phi) is 4.50. The van der Waals surface area contributed by atoms with Gasteiger partial charge in [-0.15, -0.1) is 0 Å². The summed E-state index contributed by atoms with van der Waals surface area (Å²) < 4.78 is 1.67. The molecule has 7 nitrogen and oxygen atoms in total. The fraction of sp³-hybridized carbons (Fsp3) is 0.182. The van der Waals surface area contributed by atoms with E-state index in [1.54, 1.807) is 60.1 Å². The Balaban J connectivity index is 1.57. The van der Waals surface area contributed by atoms with Crippen molar-refractivity contribution in [3.63, 3.8) is 0 Å². The van der Waals surface area contributed by atoms with Gasteiger partial charge in [-0.05, 0) is 57.2 Å². The average molecular weight is 388 g/mol. The largest absolute Gasteiger partial charge is 0.324 e. The number of nitrogens with one attached hydrogen (secondary N) is 1. The minimum absolute atomic E-state index is 0.240. The quantitative estimate of drug-likeness (QED) is 0.694. The fourth-order valence-electron chi connectivity index (χ4n) is 3.54. The van der Waals surface area contributed by atoms with Gasteiger partial charge in [-0.3, -0.25) is 19.1 Å². The Morgan fingerprint density at radius 1 is 0.966 bits per heavy atom. The van der Waals surface area contributed by atoms with Crippen LogP contribution in [0, 0.1) is 13.8 Å². The highest BCUT2D eigenvalue weighted by atomic mass is 16.2. The molecular formula is C22H20N4O3. The van der Waals surface area contributed by atoms with Crippen molar-refractivity contribution in [2.75, 3.05) is 10.2 Å². The van der Waals surface area contributed by atoms with Gasteiger partial charge in [0.1, 0.15) is 6.04 Å². The number of benzene rings is 2. The fourth-order valence-corrected chi connectivity index (χ4v) is 3.54. The first-order chi connectivity index (χ1) is 13.9. The van der Waals surface area contributed by atoms with Crippen LogP contribution in [0.2, 0.25) is 0 Å². The van der Waals surface area contributed by atoms with E-state index in [4.69, 9.17) is 0 Å². The lowest BCUT2D eigenvalue weighted by molar-refractivity contribution is -0.119. The van der Waals surface area contributed by atoms with Gasteiger partial charge in [0.05, 0.1) is 22.5 Å². The van der Waals surface area contributed by atoms with E-state index in [9.17, 15) is 14.4 Å². The predicted molar refractivity (Wildman–Crippen MR) is 109 cm³/mol. The molecule has 1 N–H and O–H groups in total. The number of aromatic nitrogens is 2. The summed E-state index contributed by atoms with van der Waals surface area (Å²) in [5.74, 6) is -0.981. The number of carbonyl (C=O) groups is 3. The van der Waals surface area contributed by atoms with E-state index < -0.39 is 6.04 Å². The summed E-state index contributed by atoms with van der Waals surface area (Å²) in [5.41, 5.74) is 3.40. The summed E-state index contributed by atoms with van der Waals surface area (Å²) in [7, 11) is 0. The molecule has 0 saturated heterocycles. The number of imide groups is 1. The van der Waals surface area contributed by atoms with Crippen molar-refractivity contribution in [1.82, 2.24) is 9.78 Å². The van der Waals surface area contributed by atoms with Crippen molar-refractivity contribution in [1.29, 1.82) is 0 Å². The third-order valence-electron chi connectivity index (χ3n) is 4.96. The minimum Gasteiger partial charge on any atom is -0.324 e. The van der Waals surface area contributed by atoms with Crippen LogP contribution in [0.3, 0.4) is 0 Å². The number of nitrogens with zero attached hydrogens (tertiary/aromatic N) is 3. The normalized spacial score (nSPS) is 14.1. The van der Waals surface area contributed by atoms with Crippen molar-refractivity contribution in [3.05, 3.63) is 77.1 Å². The number of anilines is 2. The summed E-state index contributed by atoms with van der Waals surface area (Å²) in [5, 5.41) is 7.20. The smallest absolute Gasteiger partial charge is 0.266 e. The van der Waals surface area contributed by atoms with Gasteiger partial charge in [0, 0.05) is 11.4 Å². The molecule has 29 heavy (non-hydrogen) atoms. The minimum atomic E-state index is -0.508. The Bertz CT molecular complexity index is 1110. The molecule has 0 fully saturated rings. The molecule has 1 unspecified atom stereocenters. The number of fused-ring (bicyclic) bond motifs is 1. The average Bonchev–Trinajstić information content (AvgIpc) is 3.17. The van der Waals surface area contributed by atoms with Gasteiger partial charge in [-0.2, -0.15) is 5.10 Å².